The maximum atomic E-state index is 11.7. The molecule has 0 aromatic carbocycles. The van der Waals surface area contributed by atoms with Gasteiger partial charge in [-0.15, -0.1) is 0 Å². The summed E-state index contributed by atoms with van der Waals surface area (Å²) in [6, 6.07) is -0.584. The van der Waals surface area contributed by atoms with Gasteiger partial charge in [0.1, 0.15) is 18.2 Å². The second-order valence-corrected chi connectivity index (χ2v) is 5.10. The van der Waals surface area contributed by atoms with Crippen molar-refractivity contribution in [3.63, 3.8) is 0 Å². The molecule has 0 saturated carbocycles. The lowest BCUT2D eigenvalue weighted by molar-refractivity contribution is -0.133. The van der Waals surface area contributed by atoms with Gasteiger partial charge in [0.15, 0.2) is 0 Å². The van der Waals surface area contributed by atoms with E-state index in [1.54, 1.807) is 27.7 Å². The zero-order valence-electron chi connectivity index (χ0n) is 11.1. The van der Waals surface area contributed by atoms with Crippen LogP contribution in [0.25, 0.3) is 0 Å². The molecule has 1 aromatic rings. The Morgan fingerprint density at radius 3 is 2.61 bits per heavy atom. The van der Waals surface area contributed by atoms with Crippen molar-refractivity contribution < 1.29 is 9.59 Å². The van der Waals surface area contributed by atoms with Gasteiger partial charge in [-0.2, -0.15) is 5.10 Å². The Morgan fingerprint density at radius 2 is 2.11 bits per heavy atom. The summed E-state index contributed by atoms with van der Waals surface area (Å²) in [7, 11) is 0. The van der Waals surface area contributed by atoms with E-state index < -0.39 is 11.5 Å². The van der Waals surface area contributed by atoms with Gasteiger partial charge in [-0.3, -0.25) is 14.7 Å². The first-order valence-corrected chi connectivity index (χ1v) is 5.73. The number of carbonyl (C=O) groups excluding carboxylic acids is 2. The lowest BCUT2D eigenvalue weighted by Gasteiger charge is -2.21. The van der Waals surface area contributed by atoms with Crippen molar-refractivity contribution in [2.75, 3.05) is 0 Å². The highest BCUT2D eigenvalue weighted by atomic mass is 16.2. The molecule has 2 amide bonds. The molecule has 1 unspecified atom stereocenters. The normalized spacial score (nSPS) is 12.9. The standard InChI is InChI=1S/C11H19N5O2/c1-7(15-10(18)11(2,3)4)9(17)12-5-8-13-6-14-16-8/h6-7H,5H2,1-4H3,(H,12,17)(H,15,18)(H,13,14,16). The quantitative estimate of drug-likeness (QED) is 0.701. The van der Waals surface area contributed by atoms with Crippen LogP contribution in [0.1, 0.15) is 33.5 Å². The minimum atomic E-state index is -0.584. The summed E-state index contributed by atoms with van der Waals surface area (Å²) in [6.07, 6.45) is 1.37. The largest absolute Gasteiger partial charge is 0.347 e. The Morgan fingerprint density at radius 1 is 1.44 bits per heavy atom. The molecule has 7 nitrogen and oxygen atoms in total. The van der Waals surface area contributed by atoms with Crippen molar-refractivity contribution in [1.82, 2.24) is 25.8 Å². The maximum Gasteiger partial charge on any atom is 0.242 e. The molecule has 3 N–H and O–H groups in total. The molecule has 18 heavy (non-hydrogen) atoms. The van der Waals surface area contributed by atoms with Crippen molar-refractivity contribution in [2.45, 2.75) is 40.3 Å². The van der Waals surface area contributed by atoms with E-state index >= 15 is 0 Å². The molecule has 0 saturated heterocycles. The number of hydrogen-bond acceptors (Lipinski definition) is 4. The van der Waals surface area contributed by atoms with Gasteiger partial charge in [0.05, 0.1) is 6.54 Å². The lowest BCUT2D eigenvalue weighted by Crippen LogP contribution is -2.48. The maximum absolute atomic E-state index is 11.7. The molecule has 0 aliphatic carbocycles. The average molecular weight is 253 g/mol. The second kappa shape index (κ2) is 5.61. The van der Waals surface area contributed by atoms with E-state index in [2.05, 4.69) is 25.8 Å². The van der Waals surface area contributed by atoms with Crippen LogP contribution in [-0.2, 0) is 16.1 Å². The van der Waals surface area contributed by atoms with E-state index in [-0.39, 0.29) is 18.4 Å². The molecule has 0 aliphatic heterocycles. The lowest BCUT2D eigenvalue weighted by atomic mass is 9.95. The van der Waals surface area contributed by atoms with Gasteiger partial charge >= 0.3 is 0 Å². The molecule has 1 atom stereocenters. The number of hydrogen-bond donors (Lipinski definition) is 3. The molecule has 100 valence electrons. The van der Waals surface area contributed by atoms with Gasteiger partial charge < -0.3 is 10.6 Å². The van der Waals surface area contributed by atoms with Crippen LogP contribution in [0.4, 0.5) is 0 Å². The summed E-state index contributed by atoms with van der Waals surface area (Å²) in [5.41, 5.74) is -0.514. The topological polar surface area (TPSA) is 99.8 Å². The number of rotatable bonds is 4. The van der Waals surface area contributed by atoms with Crippen LogP contribution in [0.2, 0.25) is 0 Å². The van der Waals surface area contributed by atoms with Crippen LogP contribution in [-0.4, -0.2) is 33.0 Å². The van der Waals surface area contributed by atoms with Crippen molar-refractivity contribution in [1.29, 1.82) is 0 Å². The number of nitrogens with one attached hydrogen (secondary N) is 3. The molecule has 0 spiro atoms. The van der Waals surface area contributed by atoms with Gasteiger partial charge in [-0.1, -0.05) is 20.8 Å². The minimum Gasteiger partial charge on any atom is -0.347 e. The second-order valence-electron chi connectivity index (χ2n) is 5.10. The minimum absolute atomic E-state index is 0.162. The van der Waals surface area contributed by atoms with Crippen molar-refractivity contribution in [2.24, 2.45) is 5.41 Å². The van der Waals surface area contributed by atoms with Crippen LogP contribution < -0.4 is 10.6 Å². The summed E-state index contributed by atoms with van der Waals surface area (Å²) in [4.78, 5) is 27.3. The highest BCUT2D eigenvalue weighted by molar-refractivity contribution is 5.89. The van der Waals surface area contributed by atoms with Gasteiger partial charge in [0, 0.05) is 5.41 Å². The first-order valence-electron chi connectivity index (χ1n) is 5.73. The summed E-state index contributed by atoms with van der Waals surface area (Å²) < 4.78 is 0. The summed E-state index contributed by atoms with van der Waals surface area (Å²) in [6.45, 7) is 7.28. The van der Waals surface area contributed by atoms with E-state index in [4.69, 9.17) is 0 Å². The van der Waals surface area contributed by atoms with Gasteiger partial charge in [0.25, 0.3) is 0 Å². The van der Waals surface area contributed by atoms with Crippen molar-refractivity contribution in [3.05, 3.63) is 12.2 Å². The number of aromatic nitrogens is 3. The first kappa shape index (κ1) is 14.1. The van der Waals surface area contributed by atoms with Gasteiger partial charge in [-0.05, 0) is 6.92 Å². The fourth-order valence-electron chi connectivity index (χ4n) is 1.12. The van der Waals surface area contributed by atoms with Crippen LogP contribution >= 0.6 is 0 Å². The fourth-order valence-corrected chi connectivity index (χ4v) is 1.12. The Bertz CT molecular complexity index is 408. The van der Waals surface area contributed by atoms with Crippen molar-refractivity contribution in [3.8, 4) is 0 Å². The molecule has 0 aliphatic rings. The Kier molecular flexibility index (Phi) is 4.41. The van der Waals surface area contributed by atoms with Gasteiger partial charge in [-0.25, -0.2) is 4.98 Å². The monoisotopic (exact) mass is 253 g/mol. The number of nitrogens with zero attached hydrogens (tertiary/aromatic N) is 2. The molecule has 1 heterocycles. The molecule has 7 heteroatoms. The molecular weight excluding hydrogens is 234 g/mol. The highest BCUT2D eigenvalue weighted by Gasteiger charge is 2.24. The van der Waals surface area contributed by atoms with E-state index in [0.717, 1.165) is 0 Å². The smallest absolute Gasteiger partial charge is 0.242 e. The van der Waals surface area contributed by atoms with E-state index in [1.807, 2.05) is 0 Å². The molecule has 1 aromatic heterocycles. The molecule has 0 radical (unpaired) electrons. The summed E-state index contributed by atoms with van der Waals surface area (Å²) >= 11 is 0. The van der Waals surface area contributed by atoms with Crippen LogP contribution in [0, 0.1) is 5.41 Å². The number of H-pyrrole nitrogens is 1. The zero-order chi connectivity index (χ0) is 13.8. The first-order chi connectivity index (χ1) is 8.30. The van der Waals surface area contributed by atoms with Gasteiger partial charge in [0.2, 0.25) is 11.8 Å². The summed E-state index contributed by atoms with van der Waals surface area (Å²) in [5.74, 6) is 0.145. The Hall–Kier alpha value is -1.92. The number of amides is 2. The predicted octanol–water partition coefficient (Wildman–Crippen LogP) is -0.0283. The average Bonchev–Trinajstić information content (AvgIpc) is 2.77. The van der Waals surface area contributed by atoms with E-state index in [1.165, 1.54) is 6.33 Å². The third-order valence-corrected chi connectivity index (χ3v) is 2.32. The number of aromatic amines is 1. The molecule has 1 rings (SSSR count). The predicted molar refractivity (Wildman–Crippen MR) is 65.3 cm³/mol. The molecule has 0 fully saturated rings. The number of carbonyl (C=O) groups is 2. The Labute approximate surface area is 106 Å². The SMILES string of the molecule is CC(NC(=O)C(C)(C)C)C(=O)NCc1ncn[nH]1. The third kappa shape index (κ3) is 4.15. The van der Waals surface area contributed by atoms with E-state index in [0.29, 0.717) is 5.82 Å². The highest BCUT2D eigenvalue weighted by Crippen LogP contribution is 2.12. The van der Waals surface area contributed by atoms with Crippen LogP contribution in [0.15, 0.2) is 6.33 Å². The van der Waals surface area contributed by atoms with Crippen LogP contribution in [0.5, 0.6) is 0 Å². The zero-order valence-corrected chi connectivity index (χ0v) is 11.1. The Balaban J connectivity index is 2.40. The van der Waals surface area contributed by atoms with Crippen LogP contribution in [0.3, 0.4) is 0 Å². The van der Waals surface area contributed by atoms with E-state index in [9.17, 15) is 9.59 Å². The van der Waals surface area contributed by atoms with Crippen molar-refractivity contribution >= 4 is 11.8 Å². The fraction of sp³-hybridized carbons (Fsp3) is 0.636. The molecular formula is C11H19N5O2. The third-order valence-electron chi connectivity index (χ3n) is 2.32. The molecule has 0 bridgehead atoms. The summed E-state index contributed by atoms with van der Waals surface area (Å²) in [5, 5.41) is 11.6.